The fourth-order valence-corrected chi connectivity index (χ4v) is 2.95. The SMILES string of the molecule is O=C(NCc1ccccc1)c1ccc(Cl)c(-n2cnc3cccnc32)c1. The van der Waals surface area contributed by atoms with Crippen LogP contribution in [-0.2, 0) is 6.54 Å². The van der Waals surface area contributed by atoms with Gasteiger partial charge in [0.2, 0.25) is 0 Å². The fraction of sp³-hybridized carbons (Fsp3) is 0.0500. The number of carbonyl (C=O) groups is 1. The second kappa shape index (κ2) is 6.98. The van der Waals surface area contributed by atoms with Gasteiger partial charge in [-0.1, -0.05) is 41.9 Å². The zero-order chi connectivity index (χ0) is 17.9. The molecule has 0 saturated carbocycles. The molecule has 26 heavy (non-hydrogen) atoms. The van der Waals surface area contributed by atoms with Crippen LogP contribution in [0.5, 0.6) is 0 Å². The molecule has 5 nitrogen and oxygen atoms in total. The number of benzene rings is 2. The molecule has 0 fully saturated rings. The first-order valence-electron chi connectivity index (χ1n) is 8.12. The molecule has 0 saturated heterocycles. The van der Waals surface area contributed by atoms with E-state index >= 15 is 0 Å². The van der Waals surface area contributed by atoms with E-state index in [1.807, 2.05) is 42.5 Å². The van der Waals surface area contributed by atoms with Crippen molar-refractivity contribution in [1.29, 1.82) is 0 Å². The Hall–Kier alpha value is -3.18. The highest BCUT2D eigenvalue weighted by Crippen LogP contribution is 2.25. The average Bonchev–Trinajstić information content (AvgIpc) is 3.11. The zero-order valence-electron chi connectivity index (χ0n) is 13.8. The smallest absolute Gasteiger partial charge is 0.251 e. The first kappa shape index (κ1) is 16.3. The molecular weight excluding hydrogens is 348 g/mol. The lowest BCUT2D eigenvalue weighted by Crippen LogP contribution is -2.22. The van der Waals surface area contributed by atoms with Crippen molar-refractivity contribution >= 4 is 28.7 Å². The third-order valence-electron chi connectivity index (χ3n) is 4.07. The lowest BCUT2D eigenvalue weighted by Gasteiger charge is -2.10. The summed E-state index contributed by atoms with van der Waals surface area (Å²) in [7, 11) is 0. The number of hydrogen-bond donors (Lipinski definition) is 1. The molecule has 0 radical (unpaired) electrons. The van der Waals surface area contributed by atoms with Gasteiger partial charge in [0.1, 0.15) is 11.8 Å². The van der Waals surface area contributed by atoms with Crippen molar-refractivity contribution in [2.24, 2.45) is 0 Å². The van der Waals surface area contributed by atoms with Crippen LogP contribution >= 0.6 is 11.6 Å². The van der Waals surface area contributed by atoms with Gasteiger partial charge in [0, 0.05) is 18.3 Å². The highest BCUT2D eigenvalue weighted by Gasteiger charge is 2.13. The van der Waals surface area contributed by atoms with E-state index in [0.717, 1.165) is 11.1 Å². The summed E-state index contributed by atoms with van der Waals surface area (Å²) in [6.45, 7) is 0.465. The van der Waals surface area contributed by atoms with E-state index in [2.05, 4.69) is 15.3 Å². The van der Waals surface area contributed by atoms with Crippen LogP contribution in [-0.4, -0.2) is 20.4 Å². The van der Waals surface area contributed by atoms with Crippen LogP contribution in [0.3, 0.4) is 0 Å². The molecule has 2 aromatic carbocycles. The number of aromatic nitrogens is 3. The van der Waals surface area contributed by atoms with Crippen molar-refractivity contribution in [2.75, 3.05) is 0 Å². The van der Waals surface area contributed by atoms with Crippen molar-refractivity contribution in [3.8, 4) is 5.69 Å². The quantitative estimate of drug-likeness (QED) is 0.596. The van der Waals surface area contributed by atoms with Gasteiger partial charge in [-0.05, 0) is 35.9 Å². The molecule has 0 aliphatic rings. The van der Waals surface area contributed by atoms with Gasteiger partial charge in [0.15, 0.2) is 5.65 Å². The summed E-state index contributed by atoms with van der Waals surface area (Å²) in [5, 5.41) is 3.44. The van der Waals surface area contributed by atoms with E-state index in [4.69, 9.17) is 11.6 Å². The van der Waals surface area contributed by atoms with Gasteiger partial charge in [0.05, 0.1) is 10.7 Å². The summed E-state index contributed by atoms with van der Waals surface area (Å²) in [6.07, 6.45) is 3.36. The Morgan fingerprint density at radius 2 is 1.88 bits per heavy atom. The maximum absolute atomic E-state index is 12.5. The summed E-state index contributed by atoms with van der Waals surface area (Å²) < 4.78 is 1.78. The molecule has 2 heterocycles. The van der Waals surface area contributed by atoms with Gasteiger partial charge in [0.25, 0.3) is 5.91 Å². The summed E-state index contributed by atoms with van der Waals surface area (Å²) in [4.78, 5) is 21.2. The second-order valence-corrected chi connectivity index (χ2v) is 6.20. The molecule has 0 bridgehead atoms. The first-order valence-corrected chi connectivity index (χ1v) is 8.50. The molecule has 4 aromatic rings. The van der Waals surface area contributed by atoms with Crippen molar-refractivity contribution in [3.63, 3.8) is 0 Å². The third-order valence-corrected chi connectivity index (χ3v) is 4.39. The second-order valence-electron chi connectivity index (χ2n) is 5.80. The van der Waals surface area contributed by atoms with Crippen molar-refractivity contribution in [3.05, 3.63) is 89.3 Å². The van der Waals surface area contributed by atoms with Crippen molar-refractivity contribution in [1.82, 2.24) is 19.9 Å². The standard InChI is InChI=1S/C20H15ClN4O/c21-16-9-8-15(20(26)23-12-14-5-2-1-3-6-14)11-18(16)25-13-24-17-7-4-10-22-19(17)25/h1-11,13H,12H2,(H,23,26). The Balaban J connectivity index is 1.63. The van der Waals surface area contributed by atoms with Gasteiger partial charge in [-0.3, -0.25) is 9.36 Å². The molecule has 0 unspecified atom stereocenters. The Labute approximate surface area is 155 Å². The molecule has 128 valence electrons. The Kier molecular flexibility index (Phi) is 4.37. The van der Waals surface area contributed by atoms with Gasteiger partial charge in [-0.15, -0.1) is 0 Å². The Morgan fingerprint density at radius 1 is 1.04 bits per heavy atom. The van der Waals surface area contributed by atoms with Crippen LogP contribution < -0.4 is 5.32 Å². The summed E-state index contributed by atoms with van der Waals surface area (Å²) >= 11 is 6.36. The van der Waals surface area contributed by atoms with E-state index in [9.17, 15) is 4.79 Å². The van der Waals surface area contributed by atoms with E-state index in [1.165, 1.54) is 0 Å². The third kappa shape index (κ3) is 3.17. The van der Waals surface area contributed by atoms with E-state index in [0.29, 0.717) is 28.5 Å². The average molecular weight is 363 g/mol. The number of amides is 1. The predicted octanol–water partition coefficient (Wildman–Crippen LogP) is 4.00. The zero-order valence-corrected chi connectivity index (χ0v) is 14.5. The van der Waals surface area contributed by atoms with Crippen molar-refractivity contribution in [2.45, 2.75) is 6.54 Å². The topological polar surface area (TPSA) is 59.8 Å². The van der Waals surface area contributed by atoms with Gasteiger partial charge in [-0.2, -0.15) is 0 Å². The molecule has 2 aromatic heterocycles. The molecule has 0 aliphatic carbocycles. The molecule has 1 N–H and O–H groups in total. The minimum Gasteiger partial charge on any atom is -0.348 e. The summed E-state index contributed by atoms with van der Waals surface area (Å²) in [5.74, 6) is -0.163. The Morgan fingerprint density at radius 3 is 2.73 bits per heavy atom. The number of halogens is 1. The number of pyridine rings is 1. The highest BCUT2D eigenvalue weighted by atomic mass is 35.5. The number of nitrogens with one attached hydrogen (secondary N) is 1. The molecule has 0 aliphatic heterocycles. The largest absolute Gasteiger partial charge is 0.348 e. The number of imidazole rings is 1. The minimum absolute atomic E-state index is 0.163. The summed E-state index contributed by atoms with van der Waals surface area (Å²) in [5.41, 5.74) is 3.69. The summed E-state index contributed by atoms with van der Waals surface area (Å²) in [6, 6.07) is 18.6. The van der Waals surface area contributed by atoms with Gasteiger partial charge in [-0.25, -0.2) is 9.97 Å². The Bertz CT molecular complexity index is 1080. The lowest BCUT2D eigenvalue weighted by atomic mass is 10.1. The van der Waals surface area contributed by atoms with E-state index in [-0.39, 0.29) is 5.91 Å². The number of rotatable bonds is 4. The van der Waals surface area contributed by atoms with Crippen LogP contribution in [0.25, 0.3) is 16.9 Å². The molecule has 0 spiro atoms. The highest BCUT2D eigenvalue weighted by molar-refractivity contribution is 6.32. The normalized spacial score (nSPS) is 10.8. The number of carbonyl (C=O) groups excluding carboxylic acids is 1. The molecule has 6 heteroatoms. The fourth-order valence-electron chi connectivity index (χ4n) is 2.74. The van der Waals surface area contributed by atoms with E-state index in [1.54, 1.807) is 35.3 Å². The maximum Gasteiger partial charge on any atom is 0.251 e. The monoisotopic (exact) mass is 362 g/mol. The minimum atomic E-state index is -0.163. The molecule has 1 amide bonds. The lowest BCUT2D eigenvalue weighted by molar-refractivity contribution is 0.0951. The number of nitrogens with zero attached hydrogens (tertiary/aromatic N) is 3. The first-order chi connectivity index (χ1) is 12.7. The van der Waals surface area contributed by atoms with Gasteiger partial charge < -0.3 is 5.32 Å². The van der Waals surface area contributed by atoms with Crippen LogP contribution in [0.4, 0.5) is 0 Å². The molecular formula is C20H15ClN4O. The van der Waals surface area contributed by atoms with E-state index < -0.39 is 0 Å². The van der Waals surface area contributed by atoms with Crippen LogP contribution in [0, 0.1) is 0 Å². The van der Waals surface area contributed by atoms with Gasteiger partial charge >= 0.3 is 0 Å². The number of hydrogen-bond acceptors (Lipinski definition) is 3. The number of fused-ring (bicyclic) bond motifs is 1. The van der Waals surface area contributed by atoms with Crippen LogP contribution in [0.2, 0.25) is 5.02 Å². The molecule has 0 atom stereocenters. The van der Waals surface area contributed by atoms with Crippen LogP contribution in [0.1, 0.15) is 15.9 Å². The maximum atomic E-state index is 12.5. The van der Waals surface area contributed by atoms with Crippen LogP contribution in [0.15, 0.2) is 73.2 Å². The van der Waals surface area contributed by atoms with Crippen molar-refractivity contribution < 1.29 is 4.79 Å². The predicted molar refractivity (Wildman–Crippen MR) is 101 cm³/mol. The molecule has 4 rings (SSSR count).